The standard InChI is InChI=1S/C22H25FN6O3/c1-11(2)18(12(3)26-22(31)32)28-21-16(23)10-15(19(24)30)20(29-21)27-14-6-7-17-13(9-14)5-4-8-25-17/h4-12,18,26H,1-3H3,(H2,24,30)(H,31,32)(H2,27,28,29)/t12-,18-/m0/s1. The molecule has 2 atom stereocenters. The average molecular weight is 440 g/mol. The maximum Gasteiger partial charge on any atom is 0.404 e. The first-order valence-corrected chi connectivity index (χ1v) is 10.0. The van der Waals surface area contributed by atoms with Crippen LogP contribution in [0.25, 0.3) is 10.9 Å². The Morgan fingerprint density at radius 2 is 1.88 bits per heavy atom. The van der Waals surface area contributed by atoms with Gasteiger partial charge in [-0.2, -0.15) is 0 Å². The second-order valence-electron chi connectivity index (χ2n) is 7.77. The second-order valence-corrected chi connectivity index (χ2v) is 7.77. The minimum absolute atomic E-state index is 0.0572. The molecule has 2 amide bonds. The predicted molar refractivity (Wildman–Crippen MR) is 121 cm³/mol. The summed E-state index contributed by atoms with van der Waals surface area (Å²) in [6.45, 7) is 5.41. The summed E-state index contributed by atoms with van der Waals surface area (Å²) in [6.07, 6.45) is 0.501. The third kappa shape index (κ3) is 5.20. The van der Waals surface area contributed by atoms with Crippen molar-refractivity contribution in [2.45, 2.75) is 32.9 Å². The van der Waals surface area contributed by atoms with Gasteiger partial charge >= 0.3 is 6.09 Å². The van der Waals surface area contributed by atoms with Gasteiger partial charge in [0.15, 0.2) is 11.6 Å². The molecule has 0 aliphatic heterocycles. The molecule has 0 spiro atoms. The number of nitrogens with two attached hydrogens (primary N) is 1. The number of pyridine rings is 2. The first kappa shape index (κ1) is 22.7. The van der Waals surface area contributed by atoms with Crippen LogP contribution in [0.1, 0.15) is 31.1 Å². The largest absolute Gasteiger partial charge is 0.465 e. The lowest BCUT2D eigenvalue weighted by atomic mass is 9.97. The van der Waals surface area contributed by atoms with E-state index in [-0.39, 0.29) is 23.1 Å². The van der Waals surface area contributed by atoms with Crippen molar-refractivity contribution < 1.29 is 19.1 Å². The van der Waals surface area contributed by atoms with E-state index in [0.717, 1.165) is 17.0 Å². The lowest BCUT2D eigenvalue weighted by Gasteiger charge is -2.29. The summed E-state index contributed by atoms with van der Waals surface area (Å²) in [5.41, 5.74) is 6.73. The number of amides is 2. The van der Waals surface area contributed by atoms with E-state index in [4.69, 9.17) is 10.8 Å². The van der Waals surface area contributed by atoms with Crippen molar-refractivity contribution in [2.24, 2.45) is 11.7 Å². The first-order valence-electron chi connectivity index (χ1n) is 10.0. The van der Waals surface area contributed by atoms with Gasteiger partial charge < -0.3 is 26.8 Å². The summed E-state index contributed by atoms with van der Waals surface area (Å²) in [6, 6.07) is 9.08. The highest BCUT2D eigenvalue weighted by atomic mass is 19.1. The van der Waals surface area contributed by atoms with Crippen molar-refractivity contribution in [1.29, 1.82) is 0 Å². The van der Waals surface area contributed by atoms with Crippen molar-refractivity contribution in [3.63, 3.8) is 0 Å². The Morgan fingerprint density at radius 3 is 2.53 bits per heavy atom. The number of primary amides is 1. The summed E-state index contributed by atoms with van der Waals surface area (Å²) in [5, 5.41) is 18.2. The van der Waals surface area contributed by atoms with E-state index in [9.17, 15) is 14.0 Å². The van der Waals surface area contributed by atoms with Gasteiger partial charge in [0.1, 0.15) is 5.82 Å². The lowest BCUT2D eigenvalue weighted by Crippen LogP contribution is -2.47. The van der Waals surface area contributed by atoms with Crippen LogP contribution in [0.4, 0.5) is 26.5 Å². The smallest absolute Gasteiger partial charge is 0.404 e. The summed E-state index contributed by atoms with van der Waals surface area (Å²) < 4.78 is 14.8. The number of nitrogens with zero attached hydrogens (tertiary/aromatic N) is 2. The summed E-state index contributed by atoms with van der Waals surface area (Å²) in [4.78, 5) is 31.5. The number of fused-ring (bicyclic) bond motifs is 1. The summed E-state index contributed by atoms with van der Waals surface area (Å²) in [5.74, 6) is -1.73. The quantitative estimate of drug-likeness (QED) is 0.359. The molecule has 2 aromatic heterocycles. The third-order valence-corrected chi connectivity index (χ3v) is 5.02. The molecule has 32 heavy (non-hydrogen) atoms. The molecule has 2 heterocycles. The zero-order valence-corrected chi connectivity index (χ0v) is 17.9. The molecule has 0 aliphatic rings. The number of carbonyl (C=O) groups excluding carboxylic acids is 1. The fourth-order valence-electron chi connectivity index (χ4n) is 3.47. The fourth-order valence-corrected chi connectivity index (χ4v) is 3.47. The number of halogens is 1. The summed E-state index contributed by atoms with van der Waals surface area (Å²) >= 11 is 0. The van der Waals surface area contributed by atoms with Crippen molar-refractivity contribution in [3.05, 3.63) is 54.0 Å². The van der Waals surface area contributed by atoms with Gasteiger partial charge in [-0.3, -0.25) is 9.78 Å². The van der Waals surface area contributed by atoms with Crippen LogP contribution in [0.2, 0.25) is 0 Å². The lowest BCUT2D eigenvalue weighted by molar-refractivity contribution is 0.1000. The number of aromatic nitrogens is 2. The number of rotatable bonds is 8. The van der Waals surface area contributed by atoms with Gasteiger partial charge in [0.25, 0.3) is 5.91 Å². The normalized spacial score (nSPS) is 12.9. The number of hydrogen-bond acceptors (Lipinski definition) is 6. The van der Waals surface area contributed by atoms with Gasteiger partial charge in [0, 0.05) is 29.4 Å². The molecule has 6 N–H and O–H groups in total. The van der Waals surface area contributed by atoms with Crippen LogP contribution in [0, 0.1) is 11.7 Å². The van der Waals surface area contributed by atoms with Crippen molar-refractivity contribution in [1.82, 2.24) is 15.3 Å². The average Bonchev–Trinajstić information content (AvgIpc) is 2.72. The topological polar surface area (TPSA) is 142 Å². The van der Waals surface area contributed by atoms with Gasteiger partial charge in [0.2, 0.25) is 0 Å². The number of benzene rings is 1. The highest BCUT2D eigenvalue weighted by Crippen LogP contribution is 2.27. The van der Waals surface area contributed by atoms with Crippen LogP contribution in [0.5, 0.6) is 0 Å². The molecule has 9 nitrogen and oxygen atoms in total. The highest BCUT2D eigenvalue weighted by molar-refractivity contribution is 5.99. The minimum Gasteiger partial charge on any atom is -0.465 e. The number of hydrogen-bond donors (Lipinski definition) is 5. The van der Waals surface area contributed by atoms with Gasteiger partial charge in [-0.1, -0.05) is 19.9 Å². The Morgan fingerprint density at radius 1 is 1.12 bits per heavy atom. The van der Waals surface area contributed by atoms with Crippen LogP contribution in [-0.4, -0.2) is 39.2 Å². The van der Waals surface area contributed by atoms with E-state index in [0.29, 0.717) is 5.69 Å². The molecular formula is C22H25FN6O3. The van der Waals surface area contributed by atoms with Crippen molar-refractivity contribution in [3.8, 4) is 0 Å². The van der Waals surface area contributed by atoms with Gasteiger partial charge in [-0.25, -0.2) is 14.2 Å². The van der Waals surface area contributed by atoms with Crippen LogP contribution in [-0.2, 0) is 0 Å². The van der Waals surface area contributed by atoms with E-state index in [1.54, 1.807) is 31.3 Å². The molecule has 0 radical (unpaired) electrons. The Bertz CT molecular complexity index is 1150. The Labute approximate surface area is 184 Å². The van der Waals surface area contributed by atoms with Gasteiger partial charge in [0.05, 0.1) is 11.1 Å². The molecule has 168 valence electrons. The van der Waals surface area contributed by atoms with Crippen molar-refractivity contribution in [2.75, 3.05) is 10.6 Å². The van der Waals surface area contributed by atoms with E-state index >= 15 is 0 Å². The second kappa shape index (κ2) is 9.46. The predicted octanol–water partition coefficient (Wildman–Crippen LogP) is 3.70. The van der Waals surface area contributed by atoms with E-state index in [1.165, 1.54) is 0 Å². The molecule has 0 saturated heterocycles. The van der Waals surface area contributed by atoms with E-state index in [1.807, 2.05) is 26.0 Å². The van der Waals surface area contributed by atoms with E-state index < -0.39 is 29.9 Å². The maximum absolute atomic E-state index is 14.8. The first-order chi connectivity index (χ1) is 15.2. The number of nitrogens with one attached hydrogen (secondary N) is 3. The van der Waals surface area contributed by atoms with Crippen molar-refractivity contribution >= 4 is 40.2 Å². The number of carbonyl (C=O) groups is 2. The number of carboxylic acid groups (broad SMARTS) is 1. The molecule has 3 rings (SSSR count). The third-order valence-electron chi connectivity index (χ3n) is 5.02. The molecule has 3 aromatic rings. The molecule has 0 aliphatic carbocycles. The van der Waals surface area contributed by atoms with Crippen LogP contribution in [0.3, 0.4) is 0 Å². The molecular weight excluding hydrogens is 415 g/mol. The maximum atomic E-state index is 14.8. The number of anilines is 3. The molecule has 0 bridgehead atoms. The van der Waals surface area contributed by atoms with Gasteiger partial charge in [-0.05, 0) is 43.2 Å². The Kier molecular flexibility index (Phi) is 6.72. The zero-order chi connectivity index (χ0) is 23.4. The molecule has 0 fully saturated rings. The molecule has 1 aromatic carbocycles. The van der Waals surface area contributed by atoms with Crippen LogP contribution < -0.4 is 21.7 Å². The Hall–Kier alpha value is -3.95. The zero-order valence-electron chi connectivity index (χ0n) is 17.9. The van der Waals surface area contributed by atoms with Crippen LogP contribution in [0.15, 0.2) is 42.6 Å². The molecule has 10 heteroatoms. The summed E-state index contributed by atoms with van der Waals surface area (Å²) in [7, 11) is 0. The highest BCUT2D eigenvalue weighted by Gasteiger charge is 2.25. The molecule has 0 saturated carbocycles. The monoisotopic (exact) mass is 440 g/mol. The molecule has 0 unspecified atom stereocenters. The van der Waals surface area contributed by atoms with Crippen LogP contribution >= 0.6 is 0 Å². The Balaban J connectivity index is 1.97. The van der Waals surface area contributed by atoms with Gasteiger partial charge in [-0.15, -0.1) is 0 Å². The minimum atomic E-state index is -1.18. The SMILES string of the molecule is CC(C)[C@H](Nc1nc(Nc2ccc3ncccc3c2)c(C(N)=O)cc1F)[C@H](C)NC(=O)O. The van der Waals surface area contributed by atoms with E-state index in [2.05, 4.69) is 25.9 Å². The fraction of sp³-hybridized carbons (Fsp3) is 0.273.